The Bertz CT molecular complexity index is 588. The molecular weight excluding hydrogens is 246 g/mol. The van der Waals surface area contributed by atoms with Gasteiger partial charge in [0.2, 0.25) is 6.20 Å². The molecule has 0 saturated heterocycles. The first-order chi connectivity index (χ1) is 9.20. The average molecular weight is 261 g/mol. The number of carbonyl (C=O) groups is 1. The molecule has 1 aromatic carbocycles. The van der Waals surface area contributed by atoms with Crippen LogP contribution in [-0.2, 0) is 16.1 Å². The number of nitrogens with one attached hydrogen (secondary N) is 1. The van der Waals surface area contributed by atoms with E-state index in [4.69, 9.17) is 10.1 Å². The smallest absolute Gasteiger partial charge is 0.319 e. The lowest BCUT2D eigenvalue weighted by atomic mass is 9.99. The Labute approximate surface area is 110 Å². The fourth-order valence-electron chi connectivity index (χ4n) is 1.80. The van der Waals surface area contributed by atoms with Gasteiger partial charge in [0.05, 0.1) is 6.61 Å². The summed E-state index contributed by atoms with van der Waals surface area (Å²) in [6.45, 7) is 2.38. The van der Waals surface area contributed by atoms with Crippen LogP contribution in [0.3, 0.4) is 0 Å². The van der Waals surface area contributed by atoms with E-state index in [2.05, 4.69) is 9.79 Å². The maximum atomic E-state index is 12.0. The molecule has 0 aliphatic heterocycles. The minimum absolute atomic E-state index is 0.0457. The molecule has 1 atom stereocenters. The zero-order chi connectivity index (χ0) is 13.7. The molecule has 1 N–H and O–H groups in total. The second-order valence-electron chi connectivity index (χ2n) is 4.00. The number of hydrogen-bond donors (Lipinski definition) is 1. The van der Waals surface area contributed by atoms with E-state index >= 15 is 0 Å². The molecule has 2 aromatic rings. The van der Waals surface area contributed by atoms with Crippen molar-refractivity contribution in [2.24, 2.45) is 0 Å². The molecule has 0 radical (unpaired) electrons. The van der Waals surface area contributed by atoms with Gasteiger partial charge in [-0.15, -0.1) is 0 Å². The van der Waals surface area contributed by atoms with Crippen LogP contribution in [0.4, 0.5) is 0 Å². The van der Waals surface area contributed by atoms with Gasteiger partial charge in [0, 0.05) is 0 Å². The van der Waals surface area contributed by atoms with E-state index in [1.54, 1.807) is 6.92 Å². The summed E-state index contributed by atoms with van der Waals surface area (Å²) >= 11 is 0. The maximum absolute atomic E-state index is 12.0. The Morgan fingerprint density at radius 1 is 1.47 bits per heavy atom. The number of benzene rings is 1. The van der Waals surface area contributed by atoms with Gasteiger partial charge in [-0.25, -0.2) is 4.68 Å². The van der Waals surface area contributed by atoms with Crippen molar-refractivity contribution in [2.45, 2.75) is 19.4 Å². The minimum Gasteiger partial charge on any atom is -0.487 e. The molecule has 0 bridgehead atoms. The number of nitrogens with zero attached hydrogens (tertiary/aromatic N) is 2. The number of rotatable bonds is 5. The summed E-state index contributed by atoms with van der Waals surface area (Å²) in [5.41, 5.74) is 0.804. The highest BCUT2D eigenvalue weighted by Gasteiger charge is 2.25. The highest BCUT2D eigenvalue weighted by atomic mass is 16.5. The lowest BCUT2D eigenvalue weighted by Gasteiger charge is -2.13. The SMILES string of the molecule is CCOC(=O)C(C[n+]1cc(=N)o[n-]1)c1ccccc1. The van der Waals surface area contributed by atoms with Crippen molar-refractivity contribution in [1.29, 1.82) is 5.41 Å². The summed E-state index contributed by atoms with van der Waals surface area (Å²) < 4.78 is 11.2. The van der Waals surface area contributed by atoms with E-state index in [-0.39, 0.29) is 18.1 Å². The molecule has 0 aliphatic rings. The zero-order valence-corrected chi connectivity index (χ0v) is 10.6. The van der Waals surface area contributed by atoms with Gasteiger partial charge in [-0.1, -0.05) is 30.3 Å². The number of ether oxygens (including phenoxy) is 1. The molecule has 0 fully saturated rings. The first kappa shape index (κ1) is 13.1. The van der Waals surface area contributed by atoms with E-state index in [0.717, 1.165) is 5.56 Å². The van der Waals surface area contributed by atoms with Gasteiger partial charge in [-0.3, -0.25) is 15.5 Å². The van der Waals surface area contributed by atoms with Gasteiger partial charge < -0.3 is 9.26 Å². The topological polar surface area (TPSA) is 81.3 Å². The second kappa shape index (κ2) is 5.99. The largest absolute Gasteiger partial charge is 0.487 e. The van der Waals surface area contributed by atoms with Crippen LogP contribution in [0.5, 0.6) is 0 Å². The monoisotopic (exact) mass is 261 g/mol. The fourth-order valence-corrected chi connectivity index (χ4v) is 1.80. The van der Waals surface area contributed by atoms with E-state index in [1.807, 2.05) is 30.3 Å². The van der Waals surface area contributed by atoms with Gasteiger partial charge >= 0.3 is 5.97 Å². The van der Waals surface area contributed by atoms with Crippen LogP contribution in [0.15, 0.2) is 41.1 Å². The van der Waals surface area contributed by atoms with Crippen LogP contribution in [0.2, 0.25) is 0 Å². The molecule has 0 saturated carbocycles. The summed E-state index contributed by atoms with van der Waals surface area (Å²) in [5, 5.41) is 11.0. The van der Waals surface area contributed by atoms with Gasteiger partial charge in [-0.05, 0) is 12.5 Å². The molecule has 1 unspecified atom stereocenters. The second-order valence-corrected chi connectivity index (χ2v) is 4.00. The van der Waals surface area contributed by atoms with Crippen molar-refractivity contribution in [3.05, 3.63) is 47.6 Å². The van der Waals surface area contributed by atoms with Crippen molar-refractivity contribution in [3.8, 4) is 0 Å². The van der Waals surface area contributed by atoms with Crippen molar-refractivity contribution in [3.63, 3.8) is 0 Å². The van der Waals surface area contributed by atoms with Gasteiger partial charge in [0.1, 0.15) is 5.92 Å². The van der Waals surface area contributed by atoms with Crippen LogP contribution >= 0.6 is 0 Å². The Balaban J connectivity index is 2.24. The molecule has 0 aliphatic carbocycles. The molecular formula is C13H15N3O3. The number of aromatic nitrogens is 2. The highest BCUT2D eigenvalue weighted by Crippen LogP contribution is 2.17. The van der Waals surface area contributed by atoms with Crippen LogP contribution < -0.4 is 15.5 Å². The van der Waals surface area contributed by atoms with Gasteiger partial charge in [0.25, 0.3) is 5.55 Å². The summed E-state index contributed by atoms with van der Waals surface area (Å²) in [4.78, 5) is 12.0. The average Bonchev–Trinajstić information content (AvgIpc) is 2.83. The Kier molecular flexibility index (Phi) is 4.12. The van der Waals surface area contributed by atoms with E-state index in [9.17, 15) is 4.79 Å². The highest BCUT2D eigenvalue weighted by molar-refractivity contribution is 5.77. The Morgan fingerprint density at radius 2 is 2.21 bits per heavy atom. The predicted molar refractivity (Wildman–Crippen MR) is 63.9 cm³/mol. The summed E-state index contributed by atoms with van der Waals surface area (Å²) in [6.07, 6.45) is 1.43. The third kappa shape index (κ3) is 3.31. The maximum Gasteiger partial charge on any atom is 0.319 e. The first-order valence-corrected chi connectivity index (χ1v) is 6.00. The van der Waals surface area contributed by atoms with E-state index in [0.29, 0.717) is 6.61 Å². The lowest BCUT2D eigenvalue weighted by Crippen LogP contribution is -2.42. The normalized spacial score (nSPS) is 12.1. The summed E-state index contributed by atoms with van der Waals surface area (Å²) in [5.74, 6) is -0.772. The number of esters is 1. The van der Waals surface area contributed by atoms with Crippen LogP contribution in [0.1, 0.15) is 18.4 Å². The molecule has 19 heavy (non-hydrogen) atoms. The van der Waals surface area contributed by atoms with Crippen LogP contribution in [0, 0.1) is 5.41 Å². The van der Waals surface area contributed by atoms with Crippen molar-refractivity contribution in [2.75, 3.05) is 6.61 Å². The van der Waals surface area contributed by atoms with E-state index < -0.39 is 5.92 Å². The molecule has 0 spiro atoms. The molecule has 1 aromatic heterocycles. The Morgan fingerprint density at radius 3 is 2.79 bits per heavy atom. The molecule has 6 nitrogen and oxygen atoms in total. The molecule has 0 amide bonds. The number of hydrogen-bond acceptors (Lipinski definition) is 4. The van der Waals surface area contributed by atoms with Gasteiger partial charge in [-0.2, -0.15) is 0 Å². The van der Waals surface area contributed by atoms with Gasteiger partial charge in [0.15, 0.2) is 6.54 Å². The van der Waals surface area contributed by atoms with Crippen molar-refractivity contribution in [1.82, 2.24) is 5.27 Å². The zero-order valence-electron chi connectivity index (χ0n) is 10.6. The molecule has 1 heterocycles. The molecule has 2 rings (SSSR count). The van der Waals surface area contributed by atoms with E-state index in [1.165, 1.54) is 10.9 Å². The third-order valence-corrected chi connectivity index (χ3v) is 2.65. The molecule has 6 heteroatoms. The minimum atomic E-state index is -0.462. The Hall–Kier alpha value is -2.37. The third-order valence-electron chi connectivity index (χ3n) is 2.65. The first-order valence-electron chi connectivity index (χ1n) is 6.00. The van der Waals surface area contributed by atoms with Crippen molar-refractivity contribution >= 4 is 5.97 Å². The predicted octanol–water partition coefficient (Wildman–Crippen LogP) is 0.351. The van der Waals surface area contributed by atoms with Crippen LogP contribution in [-0.4, -0.2) is 12.6 Å². The number of carbonyl (C=O) groups excluding carboxylic acids is 1. The summed E-state index contributed by atoms with van der Waals surface area (Å²) in [7, 11) is 0. The quantitative estimate of drug-likeness (QED) is 0.622. The van der Waals surface area contributed by atoms with Crippen molar-refractivity contribution < 1.29 is 18.7 Å². The summed E-state index contributed by atoms with van der Waals surface area (Å²) in [6, 6.07) is 9.35. The molecule has 100 valence electrons. The standard InChI is InChI=1S/C13H15N3O3/c1-2-18-13(17)11(10-6-4-3-5-7-10)8-16-9-12(14)19-15-16/h3-7,9,11,14H,2,8H2,1H3. The van der Waals surface area contributed by atoms with Crippen LogP contribution in [0.25, 0.3) is 0 Å². The lowest BCUT2D eigenvalue weighted by molar-refractivity contribution is -0.768. The fraction of sp³-hybridized carbons (Fsp3) is 0.308.